The first kappa shape index (κ1) is 15.3. The average molecular weight is 334 g/mol. The fraction of sp³-hybridized carbons (Fsp3) is 0.625. The van der Waals surface area contributed by atoms with Gasteiger partial charge in [-0.05, 0) is 37.3 Å². The lowest BCUT2D eigenvalue weighted by Crippen LogP contribution is -2.52. The fourth-order valence-corrected chi connectivity index (χ4v) is 4.25. The van der Waals surface area contributed by atoms with Crippen molar-refractivity contribution < 1.29 is 9.26 Å². The lowest BCUT2D eigenvalue weighted by Gasteiger charge is -2.44. The molecule has 2 aliphatic rings. The van der Waals surface area contributed by atoms with Crippen molar-refractivity contribution in [3.8, 4) is 11.4 Å². The molecule has 124 valence electrons. The third kappa shape index (κ3) is 3.19. The summed E-state index contributed by atoms with van der Waals surface area (Å²) in [6.07, 6.45) is 3.32. The first-order chi connectivity index (χ1) is 11.4. The molecule has 0 radical (unpaired) electrons. The molecule has 2 aromatic heterocycles. The summed E-state index contributed by atoms with van der Waals surface area (Å²) in [5.74, 6) is 1.40. The van der Waals surface area contributed by atoms with Gasteiger partial charge in [0, 0.05) is 42.8 Å². The highest BCUT2D eigenvalue weighted by atomic mass is 32.1. The SMILES string of the molecule is c1cc(-c2noc(CN3CCNCCC34CCOCC4)n2)cs1. The van der Waals surface area contributed by atoms with Gasteiger partial charge in [0.15, 0.2) is 0 Å². The molecule has 0 aromatic carbocycles. The van der Waals surface area contributed by atoms with Crippen molar-refractivity contribution in [2.75, 3.05) is 32.8 Å². The van der Waals surface area contributed by atoms with E-state index in [1.807, 2.05) is 16.8 Å². The van der Waals surface area contributed by atoms with Gasteiger partial charge in [0.25, 0.3) is 0 Å². The fourth-order valence-electron chi connectivity index (χ4n) is 3.61. The lowest BCUT2D eigenvalue weighted by molar-refractivity contribution is -0.0342. The Bertz CT molecular complexity index is 622. The van der Waals surface area contributed by atoms with Crippen LogP contribution in [-0.2, 0) is 11.3 Å². The van der Waals surface area contributed by atoms with E-state index in [0.717, 1.165) is 64.2 Å². The summed E-state index contributed by atoms with van der Waals surface area (Å²) in [5, 5.41) is 11.7. The van der Waals surface area contributed by atoms with Gasteiger partial charge in [-0.25, -0.2) is 0 Å². The molecule has 6 nitrogen and oxygen atoms in total. The summed E-state index contributed by atoms with van der Waals surface area (Å²) < 4.78 is 11.1. The van der Waals surface area contributed by atoms with Gasteiger partial charge in [0.1, 0.15) is 0 Å². The van der Waals surface area contributed by atoms with Crippen molar-refractivity contribution in [3.63, 3.8) is 0 Å². The molecule has 2 fully saturated rings. The van der Waals surface area contributed by atoms with E-state index >= 15 is 0 Å². The molecule has 23 heavy (non-hydrogen) atoms. The van der Waals surface area contributed by atoms with E-state index in [1.54, 1.807) is 11.3 Å². The smallest absolute Gasteiger partial charge is 0.241 e. The third-order valence-electron chi connectivity index (χ3n) is 4.99. The van der Waals surface area contributed by atoms with Crippen molar-refractivity contribution in [1.82, 2.24) is 20.4 Å². The Balaban J connectivity index is 1.53. The number of aromatic nitrogens is 2. The van der Waals surface area contributed by atoms with Crippen LogP contribution in [0.2, 0.25) is 0 Å². The molecule has 0 unspecified atom stereocenters. The maximum atomic E-state index is 5.59. The molecule has 1 N–H and O–H groups in total. The molecule has 0 aliphatic carbocycles. The number of hydrogen-bond donors (Lipinski definition) is 1. The number of ether oxygens (including phenoxy) is 1. The highest BCUT2D eigenvalue weighted by Gasteiger charge is 2.39. The standard InChI is InChI=1S/C16H22N4O2S/c1-10-23-12-13(1)15-18-14(22-19-15)11-20-7-6-17-5-2-16(20)3-8-21-9-4-16/h1,10,12,17H,2-9,11H2. The van der Waals surface area contributed by atoms with Gasteiger partial charge in [0.2, 0.25) is 11.7 Å². The van der Waals surface area contributed by atoms with Crippen molar-refractivity contribution in [1.29, 1.82) is 0 Å². The Morgan fingerprint density at radius 1 is 1.26 bits per heavy atom. The molecule has 4 heterocycles. The molecular weight excluding hydrogens is 312 g/mol. The largest absolute Gasteiger partial charge is 0.381 e. The Morgan fingerprint density at radius 3 is 3.00 bits per heavy atom. The van der Waals surface area contributed by atoms with Crippen LogP contribution < -0.4 is 5.32 Å². The molecule has 2 saturated heterocycles. The van der Waals surface area contributed by atoms with Gasteiger partial charge < -0.3 is 14.6 Å². The summed E-state index contributed by atoms with van der Waals surface area (Å²) in [6.45, 7) is 5.50. The Labute approximate surface area is 139 Å². The molecule has 2 aromatic rings. The number of nitrogens with zero attached hydrogens (tertiary/aromatic N) is 3. The van der Waals surface area contributed by atoms with Crippen molar-refractivity contribution in [3.05, 3.63) is 22.7 Å². The van der Waals surface area contributed by atoms with Gasteiger partial charge >= 0.3 is 0 Å². The predicted molar refractivity (Wildman–Crippen MR) is 88.3 cm³/mol. The van der Waals surface area contributed by atoms with Crippen LogP contribution in [0.25, 0.3) is 11.4 Å². The minimum absolute atomic E-state index is 0.207. The zero-order valence-corrected chi connectivity index (χ0v) is 14.0. The summed E-state index contributed by atoms with van der Waals surface area (Å²) in [6, 6.07) is 2.02. The van der Waals surface area contributed by atoms with Crippen molar-refractivity contribution in [2.24, 2.45) is 0 Å². The zero-order chi connectivity index (χ0) is 15.5. The van der Waals surface area contributed by atoms with Crippen LogP contribution in [0.3, 0.4) is 0 Å². The van der Waals surface area contributed by atoms with E-state index < -0.39 is 0 Å². The minimum atomic E-state index is 0.207. The third-order valence-corrected chi connectivity index (χ3v) is 5.68. The van der Waals surface area contributed by atoms with Crippen LogP contribution in [0.1, 0.15) is 25.2 Å². The second kappa shape index (κ2) is 6.68. The van der Waals surface area contributed by atoms with E-state index in [2.05, 4.69) is 20.4 Å². The maximum Gasteiger partial charge on any atom is 0.241 e. The van der Waals surface area contributed by atoms with E-state index in [4.69, 9.17) is 9.26 Å². The van der Waals surface area contributed by atoms with Crippen molar-refractivity contribution >= 4 is 11.3 Å². The van der Waals surface area contributed by atoms with E-state index in [0.29, 0.717) is 11.7 Å². The lowest BCUT2D eigenvalue weighted by atomic mass is 9.85. The number of thiophene rings is 1. The highest BCUT2D eigenvalue weighted by Crippen LogP contribution is 2.33. The minimum Gasteiger partial charge on any atom is -0.381 e. The highest BCUT2D eigenvalue weighted by molar-refractivity contribution is 7.08. The summed E-state index contributed by atoms with van der Waals surface area (Å²) >= 11 is 1.65. The number of hydrogen-bond acceptors (Lipinski definition) is 7. The quantitative estimate of drug-likeness (QED) is 0.928. The predicted octanol–water partition coefficient (Wildman–Crippen LogP) is 2.14. The molecule has 0 atom stereocenters. The van der Waals surface area contributed by atoms with Gasteiger partial charge in [-0.1, -0.05) is 5.16 Å². The average Bonchev–Trinajstić information content (AvgIpc) is 3.22. The second-order valence-electron chi connectivity index (χ2n) is 6.28. The molecule has 0 amide bonds. The first-order valence-corrected chi connectivity index (χ1v) is 9.19. The summed E-state index contributed by atoms with van der Waals surface area (Å²) in [5.41, 5.74) is 1.24. The zero-order valence-electron chi connectivity index (χ0n) is 13.2. The van der Waals surface area contributed by atoms with Crippen LogP contribution in [0, 0.1) is 0 Å². The summed E-state index contributed by atoms with van der Waals surface area (Å²) in [4.78, 5) is 7.12. The van der Waals surface area contributed by atoms with Crippen LogP contribution in [0.15, 0.2) is 21.3 Å². The van der Waals surface area contributed by atoms with Gasteiger partial charge in [-0.2, -0.15) is 16.3 Å². The molecule has 1 spiro atoms. The van der Waals surface area contributed by atoms with Crippen LogP contribution >= 0.6 is 11.3 Å². The summed E-state index contributed by atoms with van der Waals surface area (Å²) in [7, 11) is 0. The van der Waals surface area contributed by atoms with E-state index in [9.17, 15) is 0 Å². The monoisotopic (exact) mass is 334 g/mol. The van der Waals surface area contributed by atoms with Crippen LogP contribution in [0.4, 0.5) is 0 Å². The van der Waals surface area contributed by atoms with Crippen LogP contribution in [-0.4, -0.2) is 53.4 Å². The van der Waals surface area contributed by atoms with Gasteiger partial charge in [-0.3, -0.25) is 4.90 Å². The van der Waals surface area contributed by atoms with Crippen molar-refractivity contribution in [2.45, 2.75) is 31.3 Å². The Kier molecular flexibility index (Phi) is 4.43. The second-order valence-corrected chi connectivity index (χ2v) is 7.06. The van der Waals surface area contributed by atoms with Gasteiger partial charge in [0.05, 0.1) is 6.54 Å². The van der Waals surface area contributed by atoms with Crippen LogP contribution in [0.5, 0.6) is 0 Å². The number of nitrogens with one attached hydrogen (secondary N) is 1. The Morgan fingerprint density at radius 2 is 2.17 bits per heavy atom. The molecule has 0 saturated carbocycles. The number of rotatable bonds is 3. The van der Waals surface area contributed by atoms with E-state index in [-0.39, 0.29) is 5.54 Å². The topological polar surface area (TPSA) is 63.4 Å². The maximum absolute atomic E-state index is 5.59. The van der Waals surface area contributed by atoms with Gasteiger partial charge in [-0.15, -0.1) is 0 Å². The first-order valence-electron chi connectivity index (χ1n) is 8.24. The molecule has 0 bridgehead atoms. The molecule has 4 rings (SSSR count). The normalized spacial score (nSPS) is 22.3. The molecule has 7 heteroatoms. The molecular formula is C16H22N4O2S. The van der Waals surface area contributed by atoms with E-state index in [1.165, 1.54) is 0 Å². The Hall–Kier alpha value is -1.28. The molecule has 2 aliphatic heterocycles.